The van der Waals surface area contributed by atoms with Crippen molar-refractivity contribution in [2.45, 2.75) is 58.3 Å². The van der Waals surface area contributed by atoms with Crippen LogP contribution >= 0.6 is 0 Å². The summed E-state index contributed by atoms with van der Waals surface area (Å²) >= 11 is 0. The number of rotatable bonds is 17. The first-order valence-corrected chi connectivity index (χ1v) is 12.1. The van der Waals surface area contributed by atoms with Crippen LogP contribution in [0.4, 0.5) is 0 Å². The van der Waals surface area contributed by atoms with Gasteiger partial charge in [0.1, 0.15) is 17.2 Å². The van der Waals surface area contributed by atoms with Gasteiger partial charge in [0.2, 0.25) is 0 Å². The zero-order chi connectivity index (χ0) is 24.4. The SMILES string of the molecule is C=CC(=O)OCCCCCCOc1ccc(C(=O)Oc2ccc(OCCCCCC)cc2)cc1. The molecule has 0 heterocycles. The van der Waals surface area contributed by atoms with E-state index in [1.54, 1.807) is 36.4 Å². The fourth-order valence-corrected chi connectivity index (χ4v) is 3.16. The molecule has 0 bridgehead atoms. The van der Waals surface area contributed by atoms with Crippen molar-refractivity contribution >= 4 is 11.9 Å². The number of carbonyl (C=O) groups excluding carboxylic acids is 2. The number of ether oxygens (including phenoxy) is 4. The molecule has 6 heteroatoms. The van der Waals surface area contributed by atoms with Gasteiger partial charge in [-0.15, -0.1) is 0 Å². The molecule has 0 amide bonds. The van der Waals surface area contributed by atoms with Gasteiger partial charge in [0.25, 0.3) is 0 Å². The molecular weight excluding hydrogens is 432 g/mol. The van der Waals surface area contributed by atoms with Crippen molar-refractivity contribution in [3.05, 3.63) is 66.7 Å². The maximum Gasteiger partial charge on any atom is 0.343 e. The lowest BCUT2D eigenvalue weighted by Crippen LogP contribution is -2.08. The third kappa shape index (κ3) is 11.0. The van der Waals surface area contributed by atoms with Crippen LogP contribution in [0.15, 0.2) is 61.2 Å². The van der Waals surface area contributed by atoms with Crippen molar-refractivity contribution in [1.82, 2.24) is 0 Å². The molecule has 2 aromatic rings. The monoisotopic (exact) mass is 468 g/mol. The molecule has 0 fully saturated rings. The lowest BCUT2D eigenvalue weighted by Gasteiger charge is -2.09. The van der Waals surface area contributed by atoms with Crippen LogP contribution in [0.5, 0.6) is 17.2 Å². The second-order valence-electron chi connectivity index (χ2n) is 7.93. The average Bonchev–Trinajstić information content (AvgIpc) is 2.86. The Bertz CT molecular complexity index is 857. The second-order valence-corrected chi connectivity index (χ2v) is 7.93. The van der Waals surface area contributed by atoms with Crippen molar-refractivity contribution in [3.63, 3.8) is 0 Å². The summed E-state index contributed by atoms with van der Waals surface area (Å²) in [6, 6.07) is 14.0. The Morgan fingerprint density at radius 1 is 0.706 bits per heavy atom. The zero-order valence-electron chi connectivity index (χ0n) is 20.1. The topological polar surface area (TPSA) is 71.1 Å². The normalized spacial score (nSPS) is 10.4. The fraction of sp³-hybridized carbons (Fsp3) is 0.429. The minimum absolute atomic E-state index is 0.383. The van der Waals surface area contributed by atoms with Crippen molar-refractivity contribution in [3.8, 4) is 17.2 Å². The van der Waals surface area contributed by atoms with Crippen LogP contribution < -0.4 is 14.2 Å². The molecule has 0 aliphatic carbocycles. The molecule has 34 heavy (non-hydrogen) atoms. The summed E-state index contributed by atoms with van der Waals surface area (Å²) in [6.45, 7) is 7.24. The third-order valence-electron chi connectivity index (χ3n) is 5.11. The van der Waals surface area contributed by atoms with Gasteiger partial charge in [-0.05, 0) is 80.6 Å². The van der Waals surface area contributed by atoms with Gasteiger partial charge in [0.05, 0.1) is 25.4 Å². The zero-order valence-corrected chi connectivity index (χ0v) is 20.1. The molecule has 0 aliphatic rings. The Labute approximate surface area is 202 Å². The molecule has 0 saturated heterocycles. The lowest BCUT2D eigenvalue weighted by molar-refractivity contribution is -0.137. The van der Waals surface area contributed by atoms with Gasteiger partial charge in [-0.2, -0.15) is 0 Å². The first-order chi connectivity index (χ1) is 16.6. The van der Waals surface area contributed by atoms with Crippen molar-refractivity contribution in [2.75, 3.05) is 19.8 Å². The van der Waals surface area contributed by atoms with Crippen LogP contribution in [0.25, 0.3) is 0 Å². The van der Waals surface area contributed by atoms with E-state index in [1.807, 2.05) is 12.1 Å². The van der Waals surface area contributed by atoms with Gasteiger partial charge in [0.15, 0.2) is 0 Å². The molecule has 0 N–H and O–H groups in total. The number of carbonyl (C=O) groups is 2. The van der Waals surface area contributed by atoms with E-state index >= 15 is 0 Å². The number of esters is 2. The summed E-state index contributed by atoms with van der Waals surface area (Å²) in [6.07, 6.45) is 9.48. The highest BCUT2D eigenvalue weighted by atomic mass is 16.5. The molecule has 0 radical (unpaired) electrons. The minimum atomic E-state index is -0.420. The average molecular weight is 469 g/mol. The van der Waals surface area contributed by atoms with Gasteiger partial charge < -0.3 is 18.9 Å². The number of unbranched alkanes of at least 4 members (excludes halogenated alkanes) is 6. The van der Waals surface area contributed by atoms with Gasteiger partial charge in [-0.3, -0.25) is 0 Å². The van der Waals surface area contributed by atoms with Gasteiger partial charge in [-0.1, -0.05) is 32.8 Å². The van der Waals surface area contributed by atoms with E-state index in [9.17, 15) is 9.59 Å². The molecule has 2 aromatic carbocycles. The van der Waals surface area contributed by atoms with E-state index < -0.39 is 5.97 Å². The Hall–Kier alpha value is -3.28. The lowest BCUT2D eigenvalue weighted by atomic mass is 10.2. The van der Waals surface area contributed by atoms with E-state index in [0.717, 1.165) is 37.9 Å². The quantitative estimate of drug-likeness (QED) is 0.114. The van der Waals surface area contributed by atoms with E-state index in [-0.39, 0.29) is 5.97 Å². The van der Waals surface area contributed by atoms with Crippen LogP contribution in [0.2, 0.25) is 0 Å². The van der Waals surface area contributed by atoms with Crippen LogP contribution in [0, 0.1) is 0 Å². The summed E-state index contributed by atoms with van der Waals surface area (Å²) < 4.78 is 21.8. The highest BCUT2D eigenvalue weighted by Gasteiger charge is 2.09. The number of benzene rings is 2. The fourth-order valence-electron chi connectivity index (χ4n) is 3.16. The summed E-state index contributed by atoms with van der Waals surface area (Å²) in [5.74, 6) is 1.15. The molecule has 0 unspecified atom stereocenters. The highest BCUT2D eigenvalue weighted by Crippen LogP contribution is 2.20. The molecule has 0 aromatic heterocycles. The van der Waals surface area contributed by atoms with Crippen LogP contribution in [0.1, 0.15) is 68.6 Å². The van der Waals surface area contributed by atoms with Crippen molar-refractivity contribution in [1.29, 1.82) is 0 Å². The highest BCUT2D eigenvalue weighted by molar-refractivity contribution is 5.91. The van der Waals surface area contributed by atoms with E-state index in [4.69, 9.17) is 18.9 Å². The Morgan fingerprint density at radius 3 is 1.76 bits per heavy atom. The molecule has 6 nitrogen and oxygen atoms in total. The molecule has 0 spiro atoms. The molecule has 0 atom stereocenters. The molecule has 184 valence electrons. The predicted molar refractivity (Wildman–Crippen MR) is 133 cm³/mol. The van der Waals surface area contributed by atoms with Crippen LogP contribution in [-0.4, -0.2) is 31.8 Å². The Morgan fingerprint density at radius 2 is 1.21 bits per heavy atom. The summed E-state index contributed by atoms with van der Waals surface area (Å²) in [5.41, 5.74) is 0.456. The molecule has 0 aliphatic heterocycles. The Balaban J connectivity index is 1.64. The molecular formula is C28H36O6. The summed E-state index contributed by atoms with van der Waals surface area (Å²) in [7, 11) is 0. The maximum absolute atomic E-state index is 12.4. The van der Waals surface area contributed by atoms with E-state index in [1.165, 1.54) is 25.3 Å². The van der Waals surface area contributed by atoms with Gasteiger partial charge in [0, 0.05) is 6.08 Å². The van der Waals surface area contributed by atoms with Crippen LogP contribution in [-0.2, 0) is 9.53 Å². The third-order valence-corrected chi connectivity index (χ3v) is 5.11. The summed E-state index contributed by atoms with van der Waals surface area (Å²) in [5, 5.41) is 0. The maximum atomic E-state index is 12.4. The van der Waals surface area contributed by atoms with E-state index in [0.29, 0.717) is 36.9 Å². The van der Waals surface area contributed by atoms with Crippen molar-refractivity contribution < 1.29 is 28.5 Å². The smallest absolute Gasteiger partial charge is 0.343 e. The van der Waals surface area contributed by atoms with Crippen LogP contribution in [0.3, 0.4) is 0 Å². The molecule has 0 saturated carbocycles. The minimum Gasteiger partial charge on any atom is -0.494 e. The standard InChI is InChI=1S/C28H36O6/c1-3-5-6-9-20-32-25-16-18-26(19-17-25)34-28(30)23-12-14-24(15-13-23)31-21-10-7-8-11-22-33-27(29)4-2/h4,12-19H,2-3,5-11,20-22H2,1H3. The number of hydrogen-bond donors (Lipinski definition) is 0. The molecule has 2 rings (SSSR count). The number of hydrogen-bond acceptors (Lipinski definition) is 6. The predicted octanol–water partition coefficient (Wildman–Crippen LogP) is 6.53. The Kier molecular flexibility index (Phi) is 13.0. The van der Waals surface area contributed by atoms with E-state index in [2.05, 4.69) is 13.5 Å². The van der Waals surface area contributed by atoms with Gasteiger partial charge in [-0.25, -0.2) is 9.59 Å². The first kappa shape index (κ1) is 27.0. The first-order valence-electron chi connectivity index (χ1n) is 12.1. The van der Waals surface area contributed by atoms with Crippen molar-refractivity contribution in [2.24, 2.45) is 0 Å². The largest absolute Gasteiger partial charge is 0.494 e. The second kappa shape index (κ2) is 16.4. The van der Waals surface area contributed by atoms with Gasteiger partial charge >= 0.3 is 11.9 Å². The summed E-state index contributed by atoms with van der Waals surface area (Å²) in [4.78, 5) is 23.3.